The summed E-state index contributed by atoms with van der Waals surface area (Å²) in [5.74, 6) is 0.661. The number of urea groups is 1. The molecule has 2 N–H and O–H groups in total. The van der Waals surface area contributed by atoms with Crippen molar-refractivity contribution in [3.63, 3.8) is 0 Å². The average molecular weight is 417 g/mol. The van der Waals surface area contributed by atoms with Crippen LogP contribution in [0.15, 0.2) is 55.0 Å². The van der Waals surface area contributed by atoms with E-state index in [1.54, 1.807) is 18.6 Å². The van der Waals surface area contributed by atoms with Crippen molar-refractivity contribution in [2.45, 2.75) is 13.8 Å². The second kappa shape index (κ2) is 8.79. The fraction of sp³-hybridized carbons (Fsp3) is 0.136. The van der Waals surface area contributed by atoms with Crippen LogP contribution < -0.4 is 10.6 Å². The summed E-state index contributed by atoms with van der Waals surface area (Å²) in [5, 5.41) is 6.05. The number of thiazole rings is 1. The van der Waals surface area contributed by atoms with Crippen molar-refractivity contribution in [2.24, 2.45) is 0 Å². The summed E-state index contributed by atoms with van der Waals surface area (Å²) in [4.78, 5) is 29.9. The van der Waals surface area contributed by atoms with Crippen molar-refractivity contribution < 1.29 is 4.79 Å². The highest BCUT2D eigenvalue weighted by Gasteiger charge is 2.15. The van der Waals surface area contributed by atoms with Crippen molar-refractivity contribution >= 4 is 38.8 Å². The molecule has 0 saturated heterocycles. The molecule has 3 aromatic heterocycles. The van der Waals surface area contributed by atoms with E-state index < -0.39 is 0 Å². The lowest BCUT2D eigenvalue weighted by Gasteiger charge is -2.07. The maximum atomic E-state index is 11.9. The van der Waals surface area contributed by atoms with Gasteiger partial charge in [-0.1, -0.05) is 23.5 Å². The summed E-state index contributed by atoms with van der Waals surface area (Å²) < 4.78 is 0.954. The molecule has 0 unspecified atom stereocenters. The van der Waals surface area contributed by atoms with E-state index in [0.717, 1.165) is 32.6 Å². The zero-order chi connectivity index (χ0) is 20.9. The Hall–Kier alpha value is -3.65. The summed E-state index contributed by atoms with van der Waals surface area (Å²) in [7, 11) is 0. The Morgan fingerprint density at radius 1 is 1.13 bits per heavy atom. The predicted molar refractivity (Wildman–Crippen MR) is 121 cm³/mol. The van der Waals surface area contributed by atoms with Crippen LogP contribution in [0.3, 0.4) is 0 Å². The van der Waals surface area contributed by atoms with Crippen LogP contribution in [-0.4, -0.2) is 32.5 Å². The van der Waals surface area contributed by atoms with Gasteiger partial charge in [0.2, 0.25) is 0 Å². The zero-order valence-corrected chi connectivity index (χ0v) is 17.4. The van der Waals surface area contributed by atoms with Gasteiger partial charge in [-0.3, -0.25) is 10.3 Å². The molecule has 2 amide bonds. The molecule has 0 aliphatic carbocycles. The maximum absolute atomic E-state index is 11.9. The number of allylic oxidation sites excluding steroid dienone is 1. The smallest absolute Gasteiger partial charge is 0.321 e. The molecule has 0 atom stereocenters. The Balaban J connectivity index is 1.82. The minimum atomic E-state index is -0.274. The molecule has 8 heteroatoms. The number of aromatic nitrogens is 4. The lowest BCUT2D eigenvalue weighted by atomic mass is 10.0. The number of pyridine rings is 1. The number of nitrogens with one attached hydrogen (secondary N) is 2. The first-order valence-electron chi connectivity index (χ1n) is 9.54. The summed E-state index contributed by atoms with van der Waals surface area (Å²) in [5.41, 5.74) is 4.38. The van der Waals surface area contributed by atoms with Crippen molar-refractivity contribution in [3.05, 3.63) is 60.8 Å². The molecule has 0 bridgehead atoms. The molecule has 3 heterocycles. The number of fused-ring (bicyclic) bond motifs is 1. The van der Waals surface area contributed by atoms with E-state index in [4.69, 9.17) is 0 Å². The molecule has 4 rings (SSSR count). The van der Waals surface area contributed by atoms with Crippen molar-refractivity contribution in [1.82, 2.24) is 25.3 Å². The highest BCUT2D eigenvalue weighted by atomic mass is 32.1. The number of amides is 2. The van der Waals surface area contributed by atoms with Gasteiger partial charge in [0.25, 0.3) is 0 Å². The number of benzene rings is 1. The number of nitrogens with zero attached hydrogens (tertiary/aromatic N) is 4. The van der Waals surface area contributed by atoms with E-state index in [0.29, 0.717) is 17.5 Å². The Morgan fingerprint density at radius 2 is 1.97 bits per heavy atom. The fourth-order valence-corrected chi connectivity index (χ4v) is 3.95. The molecule has 0 saturated carbocycles. The van der Waals surface area contributed by atoms with Crippen LogP contribution in [0.25, 0.3) is 38.7 Å². The fourth-order valence-electron chi connectivity index (χ4n) is 2.99. The number of carbonyl (C=O) groups is 1. The predicted octanol–water partition coefficient (Wildman–Crippen LogP) is 4.99. The van der Waals surface area contributed by atoms with Crippen LogP contribution in [0.5, 0.6) is 0 Å². The monoisotopic (exact) mass is 416 g/mol. The van der Waals surface area contributed by atoms with Gasteiger partial charge in [0.05, 0.1) is 15.9 Å². The Morgan fingerprint density at radius 3 is 2.67 bits per heavy atom. The Labute approximate surface area is 178 Å². The molecular weight excluding hydrogens is 396 g/mol. The van der Waals surface area contributed by atoms with Gasteiger partial charge in [-0.25, -0.2) is 19.7 Å². The first-order chi connectivity index (χ1) is 14.7. The highest BCUT2D eigenvalue weighted by molar-refractivity contribution is 7.22. The van der Waals surface area contributed by atoms with Crippen LogP contribution in [0.2, 0.25) is 0 Å². The van der Waals surface area contributed by atoms with E-state index in [-0.39, 0.29) is 6.03 Å². The minimum absolute atomic E-state index is 0.274. The SMILES string of the molecule is C/C=C/c1ncc(-c2cc(-c3ccccn3)c3sc(NC(=O)NCC)nc3c2)cn1. The molecule has 1 aromatic carbocycles. The first kappa shape index (κ1) is 19.7. The van der Waals surface area contributed by atoms with Crippen LogP contribution in [0.1, 0.15) is 19.7 Å². The first-order valence-corrected chi connectivity index (χ1v) is 10.4. The summed E-state index contributed by atoms with van der Waals surface area (Å²) in [6, 6.07) is 9.56. The molecule has 0 fully saturated rings. The molecule has 0 radical (unpaired) electrons. The lowest BCUT2D eigenvalue weighted by Crippen LogP contribution is -2.28. The third-order valence-electron chi connectivity index (χ3n) is 4.31. The van der Waals surface area contributed by atoms with Crippen LogP contribution in [0.4, 0.5) is 9.93 Å². The topological polar surface area (TPSA) is 92.7 Å². The van der Waals surface area contributed by atoms with Gasteiger partial charge in [-0.15, -0.1) is 0 Å². The van der Waals surface area contributed by atoms with Gasteiger partial charge in [-0.2, -0.15) is 0 Å². The van der Waals surface area contributed by atoms with E-state index in [2.05, 4.69) is 36.6 Å². The number of hydrogen-bond acceptors (Lipinski definition) is 6. The third kappa shape index (κ3) is 4.18. The van der Waals surface area contributed by atoms with Gasteiger partial charge in [0.1, 0.15) is 0 Å². The van der Waals surface area contributed by atoms with E-state index >= 15 is 0 Å². The van der Waals surface area contributed by atoms with E-state index in [1.165, 1.54) is 11.3 Å². The molecule has 0 aliphatic rings. The second-order valence-electron chi connectivity index (χ2n) is 6.42. The molecule has 30 heavy (non-hydrogen) atoms. The summed E-state index contributed by atoms with van der Waals surface area (Å²) in [6.07, 6.45) is 9.11. The molecule has 7 nitrogen and oxygen atoms in total. The van der Waals surface area contributed by atoms with Crippen molar-refractivity contribution in [1.29, 1.82) is 0 Å². The number of hydrogen-bond donors (Lipinski definition) is 2. The molecular formula is C22H20N6OS. The maximum Gasteiger partial charge on any atom is 0.321 e. The second-order valence-corrected chi connectivity index (χ2v) is 7.42. The average Bonchev–Trinajstić information content (AvgIpc) is 3.16. The Bertz CT molecular complexity index is 1200. The van der Waals surface area contributed by atoms with Crippen LogP contribution in [0, 0.1) is 0 Å². The normalized spacial score (nSPS) is 11.1. The lowest BCUT2D eigenvalue weighted by molar-refractivity contribution is 0.252. The molecule has 4 aromatic rings. The van der Waals surface area contributed by atoms with Gasteiger partial charge < -0.3 is 5.32 Å². The quantitative estimate of drug-likeness (QED) is 0.478. The summed E-state index contributed by atoms with van der Waals surface area (Å²) in [6.45, 7) is 4.34. The molecule has 0 spiro atoms. The van der Waals surface area contributed by atoms with Crippen molar-refractivity contribution in [2.75, 3.05) is 11.9 Å². The van der Waals surface area contributed by atoms with Gasteiger partial charge in [0.15, 0.2) is 11.0 Å². The van der Waals surface area contributed by atoms with Crippen LogP contribution in [-0.2, 0) is 0 Å². The zero-order valence-electron chi connectivity index (χ0n) is 16.6. The van der Waals surface area contributed by atoms with E-state index in [1.807, 2.05) is 50.3 Å². The minimum Gasteiger partial charge on any atom is -0.338 e. The highest BCUT2D eigenvalue weighted by Crippen LogP contribution is 2.37. The molecule has 0 aliphatic heterocycles. The van der Waals surface area contributed by atoms with Gasteiger partial charge in [0, 0.05) is 36.3 Å². The standard InChI is InChI=1S/C22H20N6OS/c1-3-7-19-25-12-15(13-26-19)14-10-16(17-8-5-6-9-24-17)20-18(11-14)27-22(30-20)28-21(29)23-4-2/h3,5-13H,4H2,1-2H3,(H2,23,27,28,29)/b7-3+. The largest absolute Gasteiger partial charge is 0.338 e. The van der Waals surface area contributed by atoms with Crippen molar-refractivity contribution in [3.8, 4) is 22.4 Å². The van der Waals surface area contributed by atoms with Gasteiger partial charge in [-0.05, 0) is 49.8 Å². The third-order valence-corrected chi connectivity index (χ3v) is 5.33. The summed E-state index contributed by atoms with van der Waals surface area (Å²) >= 11 is 1.42. The molecule has 150 valence electrons. The van der Waals surface area contributed by atoms with Crippen LogP contribution >= 0.6 is 11.3 Å². The number of rotatable bonds is 5. The number of carbonyl (C=O) groups excluding carboxylic acids is 1. The van der Waals surface area contributed by atoms with E-state index in [9.17, 15) is 4.79 Å². The Kier molecular flexibility index (Phi) is 5.76. The van der Waals surface area contributed by atoms with Gasteiger partial charge >= 0.3 is 6.03 Å². The number of anilines is 1.